The largest absolute Gasteiger partial charge is 0.383 e. The highest BCUT2D eigenvalue weighted by Crippen LogP contribution is 2.34. The Kier molecular flexibility index (Phi) is 5.77. The van der Waals surface area contributed by atoms with Crippen molar-refractivity contribution in [3.8, 4) is 0 Å². The first kappa shape index (κ1) is 17.0. The molecule has 126 valence electrons. The van der Waals surface area contributed by atoms with Gasteiger partial charge in [-0.25, -0.2) is 4.98 Å². The van der Waals surface area contributed by atoms with Crippen LogP contribution < -0.4 is 5.56 Å². The lowest BCUT2D eigenvalue weighted by molar-refractivity contribution is 0.183. The third kappa shape index (κ3) is 3.49. The van der Waals surface area contributed by atoms with E-state index in [1.165, 1.54) is 23.3 Å². The maximum absolute atomic E-state index is 13.1. The highest BCUT2D eigenvalue weighted by atomic mass is 32.2. The van der Waals surface area contributed by atoms with E-state index in [9.17, 15) is 4.79 Å². The second kappa shape index (κ2) is 7.81. The number of aryl methyl sites for hydroxylation is 2. The van der Waals surface area contributed by atoms with Crippen LogP contribution in [0.4, 0.5) is 0 Å². The van der Waals surface area contributed by atoms with Crippen LogP contribution in [-0.2, 0) is 24.1 Å². The van der Waals surface area contributed by atoms with Crippen LogP contribution in [0.2, 0.25) is 0 Å². The highest BCUT2D eigenvalue weighted by molar-refractivity contribution is 7.99. The van der Waals surface area contributed by atoms with Crippen LogP contribution in [0.25, 0.3) is 10.2 Å². The summed E-state index contributed by atoms with van der Waals surface area (Å²) in [5.41, 5.74) is 1.40. The second-order valence-electron chi connectivity index (χ2n) is 5.94. The summed E-state index contributed by atoms with van der Waals surface area (Å²) in [5, 5.41) is 1.73. The molecule has 0 amide bonds. The standard InChI is InChI=1S/C17H24N2O2S2/c1-3-4-11-22-17-18-15-14(16(20)19(17)9-10-21-2)12-7-5-6-8-13(12)23-15/h3-11H2,1-2H3. The molecule has 2 heterocycles. The summed E-state index contributed by atoms with van der Waals surface area (Å²) in [6.07, 6.45) is 6.85. The lowest BCUT2D eigenvalue weighted by Crippen LogP contribution is -2.25. The monoisotopic (exact) mass is 352 g/mol. The van der Waals surface area contributed by atoms with Gasteiger partial charge in [0.05, 0.1) is 18.5 Å². The van der Waals surface area contributed by atoms with Gasteiger partial charge < -0.3 is 4.74 Å². The van der Waals surface area contributed by atoms with E-state index in [0.717, 1.165) is 46.8 Å². The van der Waals surface area contributed by atoms with E-state index in [-0.39, 0.29) is 5.56 Å². The maximum Gasteiger partial charge on any atom is 0.263 e. The predicted octanol–water partition coefficient (Wildman–Crippen LogP) is 3.88. The quantitative estimate of drug-likeness (QED) is 0.431. The Morgan fingerprint density at radius 3 is 2.96 bits per heavy atom. The normalized spacial score (nSPS) is 14.3. The molecule has 0 radical (unpaired) electrons. The average molecular weight is 353 g/mol. The number of methoxy groups -OCH3 is 1. The first-order valence-corrected chi connectivity index (χ1v) is 10.2. The van der Waals surface area contributed by atoms with Crippen LogP contribution in [0.1, 0.15) is 43.0 Å². The van der Waals surface area contributed by atoms with Crippen LogP contribution in [0, 0.1) is 0 Å². The minimum Gasteiger partial charge on any atom is -0.383 e. The molecule has 0 aromatic carbocycles. The number of fused-ring (bicyclic) bond motifs is 3. The zero-order chi connectivity index (χ0) is 16.2. The summed E-state index contributed by atoms with van der Waals surface area (Å²) < 4.78 is 7.02. The maximum atomic E-state index is 13.1. The van der Waals surface area contributed by atoms with Crippen LogP contribution in [0.3, 0.4) is 0 Å². The molecule has 3 rings (SSSR count). The molecule has 0 spiro atoms. The van der Waals surface area contributed by atoms with Gasteiger partial charge in [-0.15, -0.1) is 11.3 Å². The van der Waals surface area contributed by atoms with Crippen molar-refractivity contribution in [1.29, 1.82) is 0 Å². The van der Waals surface area contributed by atoms with Crippen LogP contribution in [-0.4, -0.2) is 29.0 Å². The van der Waals surface area contributed by atoms with Crippen molar-refractivity contribution in [3.05, 3.63) is 20.8 Å². The van der Waals surface area contributed by atoms with Gasteiger partial charge in [0.15, 0.2) is 5.16 Å². The number of unbranched alkanes of at least 4 members (excludes halogenated alkanes) is 1. The van der Waals surface area contributed by atoms with Gasteiger partial charge in [-0.1, -0.05) is 25.1 Å². The smallest absolute Gasteiger partial charge is 0.263 e. The van der Waals surface area contributed by atoms with Gasteiger partial charge >= 0.3 is 0 Å². The number of aromatic nitrogens is 2. The number of nitrogens with zero attached hydrogens (tertiary/aromatic N) is 2. The van der Waals surface area contributed by atoms with Gasteiger partial charge in [-0.05, 0) is 37.7 Å². The second-order valence-corrected chi connectivity index (χ2v) is 8.08. The van der Waals surface area contributed by atoms with E-state index >= 15 is 0 Å². The Balaban J connectivity index is 2.07. The molecule has 6 heteroatoms. The van der Waals surface area contributed by atoms with Gasteiger partial charge in [0.1, 0.15) is 4.83 Å². The average Bonchev–Trinajstić information content (AvgIpc) is 2.93. The fraction of sp³-hybridized carbons (Fsp3) is 0.647. The number of thiophene rings is 1. The minimum absolute atomic E-state index is 0.130. The van der Waals surface area contributed by atoms with Gasteiger partial charge in [0.25, 0.3) is 5.56 Å². The van der Waals surface area contributed by atoms with Crippen molar-refractivity contribution in [2.45, 2.75) is 57.1 Å². The third-order valence-electron chi connectivity index (χ3n) is 4.29. The number of hydrogen-bond donors (Lipinski definition) is 0. The van der Waals surface area contributed by atoms with Gasteiger partial charge in [0, 0.05) is 17.7 Å². The van der Waals surface area contributed by atoms with Crippen molar-refractivity contribution < 1.29 is 4.74 Å². The van der Waals surface area contributed by atoms with E-state index < -0.39 is 0 Å². The molecule has 1 aliphatic rings. The third-order valence-corrected chi connectivity index (χ3v) is 6.54. The van der Waals surface area contributed by atoms with Crippen LogP contribution in [0.15, 0.2) is 9.95 Å². The van der Waals surface area contributed by atoms with Crippen molar-refractivity contribution in [1.82, 2.24) is 9.55 Å². The Labute approximate surface area is 145 Å². The topological polar surface area (TPSA) is 44.1 Å². The lowest BCUT2D eigenvalue weighted by Gasteiger charge is -2.13. The summed E-state index contributed by atoms with van der Waals surface area (Å²) in [5.74, 6) is 1.01. The highest BCUT2D eigenvalue weighted by Gasteiger charge is 2.22. The summed E-state index contributed by atoms with van der Waals surface area (Å²) >= 11 is 3.43. The predicted molar refractivity (Wildman–Crippen MR) is 98.0 cm³/mol. The van der Waals surface area contributed by atoms with Crippen molar-refractivity contribution >= 4 is 33.3 Å². The Bertz CT molecular complexity index is 736. The van der Waals surface area contributed by atoms with Crippen LogP contribution >= 0.6 is 23.1 Å². The molecule has 0 N–H and O–H groups in total. The fourth-order valence-corrected chi connectivity index (χ4v) is 5.43. The van der Waals surface area contributed by atoms with E-state index in [1.54, 1.807) is 30.2 Å². The SMILES string of the molecule is CCCCSc1nc2sc3c(c2c(=O)n1CCOC)CCCC3. The molecule has 2 aromatic heterocycles. The summed E-state index contributed by atoms with van der Waals surface area (Å²) in [7, 11) is 1.67. The molecule has 0 fully saturated rings. The molecule has 0 aliphatic heterocycles. The van der Waals surface area contributed by atoms with E-state index in [2.05, 4.69) is 6.92 Å². The zero-order valence-corrected chi connectivity index (χ0v) is 15.5. The Morgan fingerprint density at radius 1 is 1.35 bits per heavy atom. The molecular weight excluding hydrogens is 328 g/mol. The molecule has 1 aliphatic carbocycles. The molecule has 0 bridgehead atoms. The fourth-order valence-electron chi connectivity index (χ4n) is 3.02. The van der Waals surface area contributed by atoms with Gasteiger partial charge in [0.2, 0.25) is 0 Å². The summed E-state index contributed by atoms with van der Waals surface area (Å²) in [4.78, 5) is 20.3. The molecule has 0 atom stereocenters. The molecule has 23 heavy (non-hydrogen) atoms. The summed E-state index contributed by atoms with van der Waals surface area (Å²) in [6, 6.07) is 0. The molecule has 0 saturated carbocycles. The first-order valence-electron chi connectivity index (χ1n) is 8.43. The number of rotatable bonds is 7. The van der Waals surface area contributed by atoms with Gasteiger partial charge in [-0.3, -0.25) is 9.36 Å². The number of ether oxygens (including phenoxy) is 1. The van der Waals surface area contributed by atoms with E-state index in [1.807, 2.05) is 4.57 Å². The van der Waals surface area contributed by atoms with Crippen molar-refractivity contribution in [2.24, 2.45) is 0 Å². The zero-order valence-electron chi connectivity index (χ0n) is 13.9. The molecule has 4 nitrogen and oxygen atoms in total. The van der Waals surface area contributed by atoms with Crippen molar-refractivity contribution in [3.63, 3.8) is 0 Å². The minimum atomic E-state index is 0.130. The first-order chi connectivity index (χ1) is 11.3. The van der Waals surface area contributed by atoms with E-state index in [0.29, 0.717) is 13.2 Å². The summed E-state index contributed by atoms with van der Waals surface area (Å²) in [6.45, 7) is 3.31. The Morgan fingerprint density at radius 2 is 2.17 bits per heavy atom. The molecular formula is C17H24N2O2S2. The van der Waals surface area contributed by atoms with Gasteiger partial charge in [-0.2, -0.15) is 0 Å². The van der Waals surface area contributed by atoms with Crippen LogP contribution in [0.5, 0.6) is 0 Å². The van der Waals surface area contributed by atoms with E-state index in [4.69, 9.17) is 9.72 Å². The molecule has 0 unspecified atom stereocenters. The number of thioether (sulfide) groups is 1. The lowest BCUT2D eigenvalue weighted by atomic mass is 9.97. The van der Waals surface area contributed by atoms with Crippen molar-refractivity contribution in [2.75, 3.05) is 19.5 Å². The molecule has 0 saturated heterocycles. The Hall–Kier alpha value is -0.850. The molecule has 2 aromatic rings. The number of hydrogen-bond acceptors (Lipinski definition) is 5.